The predicted octanol–water partition coefficient (Wildman–Crippen LogP) is 1.69. The summed E-state index contributed by atoms with van der Waals surface area (Å²) in [5.74, 6) is -1.00. The van der Waals surface area contributed by atoms with E-state index in [9.17, 15) is 17.6 Å². The van der Waals surface area contributed by atoms with Gasteiger partial charge in [-0.25, -0.2) is 12.8 Å². The average Bonchev–Trinajstić information content (AvgIpc) is 2.35. The molecule has 2 rings (SSSR count). The van der Waals surface area contributed by atoms with Gasteiger partial charge in [0.15, 0.2) is 9.84 Å². The van der Waals surface area contributed by atoms with Crippen LogP contribution in [0.15, 0.2) is 23.1 Å². The number of carbonyl (C=O) groups is 1. The maximum absolute atomic E-state index is 13.7. The van der Waals surface area contributed by atoms with Crippen LogP contribution in [0.25, 0.3) is 0 Å². The molecule has 1 aromatic rings. The van der Waals surface area contributed by atoms with Crippen LogP contribution in [-0.2, 0) is 14.6 Å². The normalized spacial score (nSPS) is 17.1. The van der Waals surface area contributed by atoms with Crippen LogP contribution >= 0.6 is 0 Å². The molecule has 0 saturated heterocycles. The van der Waals surface area contributed by atoms with E-state index in [-0.39, 0.29) is 28.3 Å². The molecule has 1 amide bonds. The van der Waals surface area contributed by atoms with E-state index in [1.165, 1.54) is 6.07 Å². The van der Waals surface area contributed by atoms with Crippen molar-refractivity contribution >= 4 is 21.4 Å². The second-order valence-electron chi connectivity index (χ2n) is 5.70. The maximum Gasteiger partial charge on any atom is 0.225 e. The molecular formula is C14H19FN2O3S. The number of amides is 1. The van der Waals surface area contributed by atoms with Crippen LogP contribution in [-0.4, -0.2) is 27.1 Å². The zero-order valence-corrected chi connectivity index (χ0v) is 12.7. The maximum atomic E-state index is 13.7. The predicted molar refractivity (Wildman–Crippen MR) is 78.1 cm³/mol. The molecule has 1 saturated carbocycles. The Morgan fingerprint density at radius 2 is 2.10 bits per heavy atom. The van der Waals surface area contributed by atoms with Crippen LogP contribution in [0.3, 0.4) is 0 Å². The minimum atomic E-state index is -3.45. The molecule has 0 unspecified atom stereocenters. The lowest BCUT2D eigenvalue weighted by Gasteiger charge is -2.40. The number of nitrogens with one attached hydrogen (secondary N) is 1. The lowest BCUT2D eigenvalue weighted by molar-refractivity contribution is -0.119. The molecule has 0 aromatic heterocycles. The number of carbonyl (C=O) groups excluding carboxylic acids is 1. The molecule has 116 valence electrons. The number of benzene rings is 1. The summed E-state index contributed by atoms with van der Waals surface area (Å²) >= 11 is 0. The molecule has 0 radical (unpaired) electrons. The summed E-state index contributed by atoms with van der Waals surface area (Å²) in [6.07, 6.45) is 4.09. The third kappa shape index (κ3) is 3.59. The van der Waals surface area contributed by atoms with Gasteiger partial charge in [-0.05, 0) is 43.0 Å². The summed E-state index contributed by atoms with van der Waals surface area (Å²) in [7, 11) is -3.45. The second kappa shape index (κ2) is 5.73. The summed E-state index contributed by atoms with van der Waals surface area (Å²) in [4.78, 5) is 12.0. The van der Waals surface area contributed by atoms with E-state index in [1.807, 2.05) is 0 Å². The average molecular weight is 314 g/mol. The van der Waals surface area contributed by atoms with E-state index in [0.717, 1.165) is 37.7 Å². The highest BCUT2D eigenvalue weighted by molar-refractivity contribution is 7.90. The number of nitrogens with two attached hydrogens (primary N) is 1. The first kappa shape index (κ1) is 15.9. The van der Waals surface area contributed by atoms with Crippen LogP contribution in [0.2, 0.25) is 0 Å². The van der Waals surface area contributed by atoms with Crippen molar-refractivity contribution in [1.29, 1.82) is 0 Å². The minimum Gasteiger partial charge on any atom is -0.330 e. The summed E-state index contributed by atoms with van der Waals surface area (Å²) in [5, 5.41) is 2.45. The fourth-order valence-electron chi connectivity index (χ4n) is 2.50. The standard InChI is InChI=1S/C14H19FN2O3S/c1-21(19,20)10-3-4-11(15)12(7-10)17-13(18)8-14(9-16)5-2-6-14/h3-4,7H,2,5-6,8-9,16H2,1H3,(H,17,18). The zero-order valence-electron chi connectivity index (χ0n) is 11.9. The van der Waals surface area contributed by atoms with E-state index in [1.54, 1.807) is 0 Å². The SMILES string of the molecule is CS(=O)(=O)c1ccc(F)c(NC(=O)CC2(CN)CCC2)c1. The van der Waals surface area contributed by atoms with Crippen molar-refractivity contribution in [2.75, 3.05) is 18.1 Å². The first-order valence-electron chi connectivity index (χ1n) is 6.75. The lowest BCUT2D eigenvalue weighted by Crippen LogP contribution is -2.40. The third-order valence-corrected chi connectivity index (χ3v) is 5.13. The van der Waals surface area contributed by atoms with Gasteiger partial charge in [0.25, 0.3) is 0 Å². The van der Waals surface area contributed by atoms with E-state index in [2.05, 4.69) is 5.32 Å². The second-order valence-corrected chi connectivity index (χ2v) is 7.71. The van der Waals surface area contributed by atoms with Gasteiger partial charge < -0.3 is 11.1 Å². The van der Waals surface area contributed by atoms with Crippen LogP contribution in [0, 0.1) is 11.2 Å². The number of halogens is 1. The fraction of sp³-hybridized carbons (Fsp3) is 0.500. The van der Waals surface area contributed by atoms with Gasteiger partial charge in [-0.1, -0.05) is 6.42 Å². The van der Waals surface area contributed by atoms with Gasteiger partial charge in [-0.2, -0.15) is 0 Å². The molecule has 3 N–H and O–H groups in total. The van der Waals surface area contributed by atoms with Crippen molar-refractivity contribution in [1.82, 2.24) is 0 Å². The molecule has 1 aliphatic rings. The Labute approximate surface area is 123 Å². The van der Waals surface area contributed by atoms with Crippen molar-refractivity contribution in [3.8, 4) is 0 Å². The third-order valence-electron chi connectivity index (χ3n) is 4.02. The number of anilines is 1. The highest BCUT2D eigenvalue weighted by atomic mass is 32.2. The number of hydrogen-bond donors (Lipinski definition) is 2. The van der Waals surface area contributed by atoms with Crippen LogP contribution < -0.4 is 11.1 Å². The number of hydrogen-bond acceptors (Lipinski definition) is 4. The first-order chi connectivity index (χ1) is 9.76. The van der Waals surface area contributed by atoms with Crippen molar-refractivity contribution in [2.45, 2.75) is 30.6 Å². The van der Waals surface area contributed by atoms with Crippen molar-refractivity contribution in [2.24, 2.45) is 11.1 Å². The fourth-order valence-corrected chi connectivity index (χ4v) is 3.14. The van der Waals surface area contributed by atoms with E-state index >= 15 is 0 Å². The van der Waals surface area contributed by atoms with E-state index in [0.29, 0.717) is 6.54 Å². The van der Waals surface area contributed by atoms with Gasteiger partial charge in [0.2, 0.25) is 5.91 Å². The first-order valence-corrected chi connectivity index (χ1v) is 8.64. The van der Waals surface area contributed by atoms with Crippen LogP contribution in [0.1, 0.15) is 25.7 Å². The molecule has 0 spiro atoms. The molecule has 21 heavy (non-hydrogen) atoms. The Hall–Kier alpha value is -1.47. The summed E-state index contributed by atoms with van der Waals surface area (Å²) < 4.78 is 36.6. The molecule has 0 heterocycles. The molecule has 0 aliphatic heterocycles. The Kier molecular flexibility index (Phi) is 4.34. The van der Waals surface area contributed by atoms with Gasteiger partial charge in [-0.15, -0.1) is 0 Å². The Bertz CT molecular complexity index is 649. The molecule has 5 nitrogen and oxygen atoms in total. The number of rotatable bonds is 5. The molecule has 1 fully saturated rings. The minimum absolute atomic E-state index is 0.0311. The van der Waals surface area contributed by atoms with Crippen molar-refractivity contribution in [3.63, 3.8) is 0 Å². The molecule has 1 aromatic carbocycles. The Morgan fingerprint density at radius 3 is 2.57 bits per heavy atom. The van der Waals surface area contributed by atoms with Gasteiger partial charge >= 0.3 is 0 Å². The van der Waals surface area contributed by atoms with Crippen molar-refractivity contribution < 1.29 is 17.6 Å². The topological polar surface area (TPSA) is 89.3 Å². The molecule has 0 atom stereocenters. The van der Waals surface area contributed by atoms with Crippen LogP contribution in [0.5, 0.6) is 0 Å². The Balaban J connectivity index is 2.13. The molecule has 0 bridgehead atoms. The molecule has 1 aliphatic carbocycles. The summed E-state index contributed by atoms with van der Waals surface area (Å²) in [6.45, 7) is 0.423. The lowest BCUT2D eigenvalue weighted by atomic mass is 9.66. The largest absolute Gasteiger partial charge is 0.330 e. The summed E-state index contributed by atoms with van der Waals surface area (Å²) in [5.41, 5.74) is 5.39. The zero-order chi connectivity index (χ0) is 15.7. The van der Waals surface area contributed by atoms with Gasteiger partial charge in [0, 0.05) is 12.7 Å². The highest BCUT2D eigenvalue weighted by Gasteiger charge is 2.37. The molecular weight excluding hydrogens is 295 g/mol. The van der Waals surface area contributed by atoms with Gasteiger partial charge in [0.1, 0.15) is 5.82 Å². The molecule has 7 heteroatoms. The smallest absolute Gasteiger partial charge is 0.225 e. The van der Waals surface area contributed by atoms with Crippen molar-refractivity contribution in [3.05, 3.63) is 24.0 Å². The van der Waals surface area contributed by atoms with Gasteiger partial charge in [-0.3, -0.25) is 4.79 Å². The van der Waals surface area contributed by atoms with E-state index < -0.39 is 15.7 Å². The quantitative estimate of drug-likeness (QED) is 0.809. The van der Waals surface area contributed by atoms with Crippen LogP contribution in [0.4, 0.5) is 10.1 Å². The number of sulfone groups is 1. The highest BCUT2D eigenvalue weighted by Crippen LogP contribution is 2.43. The van der Waals surface area contributed by atoms with Gasteiger partial charge in [0.05, 0.1) is 10.6 Å². The monoisotopic (exact) mass is 314 g/mol. The van der Waals surface area contributed by atoms with E-state index in [4.69, 9.17) is 5.73 Å². The summed E-state index contributed by atoms with van der Waals surface area (Å²) in [6, 6.07) is 3.35. The Morgan fingerprint density at radius 1 is 1.43 bits per heavy atom.